The summed E-state index contributed by atoms with van der Waals surface area (Å²) in [6, 6.07) is 0. The molecule has 140 valence electrons. The summed E-state index contributed by atoms with van der Waals surface area (Å²) in [6.45, 7) is -0.738. The zero-order chi connectivity index (χ0) is 18.2. The second-order valence-corrected chi connectivity index (χ2v) is 5.56. The maximum atomic E-state index is 11.2. The average Bonchev–Trinajstić information content (AvgIpc) is 2.54. The second kappa shape index (κ2) is 7.53. The number of hydrogen-bond donors (Lipinski definition) is 8. The number of hydrogen-bond acceptors (Lipinski definition) is 11. The molecule has 0 bridgehead atoms. The van der Waals surface area contributed by atoms with Gasteiger partial charge in [0.2, 0.25) is 0 Å². The molecular weight excluding hydrogens is 336 g/mol. The molecule has 0 amide bonds. The Hall–Kier alpha value is -0.930. The predicted molar refractivity (Wildman–Crippen MR) is 69.2 cm³/mol. The molecule has 2 rings (SSSR count). The third-order valence-electron chi connectivity index (χ3n) is 3.95. The average molecular weight is 356 g/mol. The highest BCUT2D eigenvalue weighted by Crippen LogP contribution is 2.28. The van der Waals surface area contributed by atoms with Crippen molar-refractivity contribution in [3.8, 4) is 0 Å². The van der Waals surface area contributed by atoms with Crippen LogP contribution in [0.25, 0.3) is 0 Å². The van der Waals surface area contributed by atoms with Gasteiger partial charge >= 0.3 is 5.97 Å². The molecule has 12 heteroatoms. The van der Waals surface area contributed by atoms with E-state index in [2.05, 4.69) is 4.74 Å². The fourth-order valence-corrected chi connectivity index (χ4v) is 2.54. The summed E-state index contributed by atoms with van der Waals surface area (Å²) in [4.78, 5) is 11.2. The number of carboxylic acid groups (broad SMARTS) is 1. The summed E-state index contributed by atoms with van der Waals surface area (Å²) < 4.78 is 14.8. The third-order valence-corrected chi connectivity index (χ3v) is 3.95. The molecule has 2 saturated heterocycles. The van der Waals surface area contributed by atoms with Gasteiger partial charge in [0.15, 0.2) is 18.7 Å². The van der Waals surface area contributed by atoms with Crippen LogP contribution >= 0.6 is 0 Å². The lowest BCUT2D eigenvalue weighted by molar-refractivity contribution is -0.350. The van der Waals surface area contributed by atoms with Crippen LogP contribution in [0.3, 0.4) is 0 Å². The standard InChI is InChI=1S/C12H20O12/c13-1-2-3(14)4(15)7(18)12(22-2)24-8-5(16)6(17)11(21)23-9(8)10(19)20/h2-9,11-18,21H,1H2,(H,19,20)/t2-,3+,4+,5-,6-,7-,8-,9+,11-,12-/m1/s1. The van der Waals surface area contributed by atoms with Crippen LogP contribution in [-0.4, -0.2) is 115 Å². The first-order valence-corrected chi connectivity index (χ1v) is 7.07. The number of carbonyl (C=O) groups is 1. The fourth-order valence-electron chi connectivity index (χ4n) is 2.54. The third kappa shape index (κ3) is 3.52. The van der Waals surface area contributed by atoms with Gasteiger partial charge in [-0.2, -0.15) is 0 Å². The monoisotopic (exact) mass is 356 g/mol. The van der Waals surface area contributed by atoms with Gasteiger partial charge in [-0.25, -0.2) is 4.79 Å². The van der Waals surface area contributed by atoms with E-state index in [4.69, 9.17) is 19.7 Å². The molecule has 2 fully saturated rings. The van der Waals surface area contributed by atoms with Crippen molar-refractivity contribution in [2.24, 2.45) is 0 Å². The Morgan fingerprint density at radius 1 is 0.875 bits per heavy atom. The summed E-state index contributed by atoms with van der Waals surface area (Å²) in [6.07, 6.45) is -17.8. The highest BCUT2D eigenvalue weighted by Gasteiger charge is 2.52. The van der Waals surface area contributed by atoms with E-state index in [1.54, 1.807) is 0 Å². The molecule has 8 N–H and O–H groups in total. The number of rotatable bonds is 4. The SMILES string of the molecule is O=C(O)[C@H]1O[C@@H](O)[C@H](O)[C@@H](O)[C@H]1O[C@H]1O[C@H](CO)[C@H](O)[C@H](O)[C@H]1O. The van der Waals surface area contributed by atoms with Crippen LogP contribution in [0.2, 0.25) is 0 Å². The van der Waals surface area contributed by atoms with E-state index in [1.807, 2.05) is 0 Å². The highest BCUT2D eigenvalue weighted by molar-refractivity contribution is 5.73. The van der Waals surface area contributed by atoms with Crippen molar-refractivity contribution in [1.29, 1.82) is 0 Å². The number of aliphatic carboxylic acids is 1. The van der Waals surface area contributed by atoms with Gasteiger partial charge in [-0.3, -0.25) is 0 Å². The topological polar surface area (TPSA) is 207 Å². The van der Waals surface area contributed by atoms with E-state index in [0.717, 1.165) is 0 Å². The summed E-state index contributed by atoms with van der Waals surface area (Å²) >= 11 is 0. The fraction of sp³-hybridized carbons (Fsp3) is 0.917. The van der Waals surface area contributed by atoms with Crippen LogP contribution in [0.15, 0.2) is 0 Å². The molecule has 0 spiro atoms. The van der Waals surface area contributed by atoms with Crippen molar-refractivity contribution >= 4 is 5.97 Å². The Labute approximate surface area is 135 Å². The van der Waals surface area contributed by atoms with Crippen molar-refractivity contribution in [1.82, 2.24) is 0 Å². The molecule has 2 aliphatic rings. The minimum atomic E-state index is -1.98. The van der Waals surface area contributed by atoms with Crippen molar-refractivity contribution < 1.29 is 59.9 Å². The minimum Gasteiger partial charge on any atom is -0.479 e. The molecule has 0 aromatic rings. The summed E-state index contributed by atoms with van der Waals surface area (Å²) in [5.74, 6) is -1.63. The molecule has 0 aromatic heterocycles. The Morgan fingerprint density at radius 3 is 2.04 bits per heavy atom. The molecule has 2 heterocycles. The van der Waals surface area contributed by atoms with Gasteiger partial charge in [0.05, 0.1) is 6.61 Å². The lowest BCUT2D eigenvalue weighted by Crippen LogP contribution is -2.65. The molecule has 24 heavy (non-hydrogen) atoms. The molecule has 10 atom stereocenters. The summed E-state index contributed by atoms with van der Waals surface area (Å²) in [7, 11) is 0. The number of aliphatic hydroxyl groups is 7. The van der Waals surface area contributed by atoms with E-state index in [9.17, 15) is 35.4 Å². The van der Waals surface area contributed by atoms with Gasteiger partial charge in [0.25, 0.3) is 0 Å². The van der Waals surface area contributed by atoms with Crippen molar-refractivity contribution in [2.75, 3.05) is 6.61 Å². The summed E-state index contributed by atoms with van der Waals surface area (Å²) in [5, 5.41) is 76.2. The van der Waals surface area contributed by atoms with Crippen LogP contribution in [0, 0.1) is 0 Å². The van der Waals surface area contributed by atoms with Crippen LogP contribution < -0.4 is 0 Å². The first kappa shape index (κ1) is 19.4. The number of aliphatic hydroxyl groups excluding tert-OH is 7. The van der Waals surface area contributed by atoms with Gasteiger partial charge in [-0.05, 0) is 0 Å². The molecule has 0 aromatic carbocycles. The molecule has 12 nitrogen and oxygen atoms in total. The summed E-state index contributed by atoms with van der Waals surface area (Å²) in [5.41, 5.74) is 0. The first-order valence-electron chi connectivity index (χ1n) is 7.07. The Morgan fingerprint density at radius 2 is 1.50 bits per heavy atom. The molecular formula is C12H20O12. The number of carboxylic acids is 1. The van der Waals surface area contributed by atoms with Gasteiger partial charge in [0, 0.05) is 0 Å². The normalized spacial score (nSPS) is 49.8. The lowest BCUT2D eigenvalue weighted by atomic mass is 9.97. The second-order valence-electron chi connectivity index (χ2n) is 5.56. The maximum Gasteiger partial charge on any atom is 0.335 e. The highest BCUT2D eigenvalue weighted by atomic mass is 16.7. The quantitative estimate of drug-likeness (QED) is 0.238. The van der Waals surface area contributed by atoms with E-state index < -0.39 is 74.0 Å². The van der Waals surface area contributed by atoms with Crippen LogP contribution in [-0.2, 0) is 19.0 Å². The van der Waals surface area contributed by atoms with Crippen molar-refractivity contribution in [3.63, 3.8) is 0 Å². The number of ether oxygens (including phenoxy) is 3. The zero-order valence-corrected chi connectivity index (χ0v) is 12.2. The van der Waals surface area contributed by atoms with E-state index in [1.165, 1.54) is 0 Å². The van der Waals surface area contributed by atoms with Crippen LogP contribution in [0.5, 0.6) is 0 Å². The maximum absolute atomic E-state index is 11.2. The predicted octanol–water partition coefficient (Wildman–Crippen LogP) is -5.30. The molecule has 2 aliphatic heterocycles. The van der Waals surface area contributed by atoms with Crippen LogP contribution in [0.1, 0.15) is 0 Å². The van der Waals surface area contributed by atoms with E-state index in [0.29, 0.717) is 0 Å². The van der Waals surface area contributed by atoms with Gasteiger partial charge in [-0.15, -0.1) is 0 Å². The van der Waals surface area contributed by atoms with Gasteiger partial charge in [-0.1, -0.05) is 0 Å². The smallest absolute Gasteiger partial charge is 0.335 e. The Balaban J connectivity index is 2.18. The van der Waals surface area contributed by atoms with E-state index in [-0.39, 0.29) is 0 Å². The molecule has 0 saturated carbocycles. The lowest BCUT2D eigenvalue weighted by Gasteiger charge is -2.44. The molecule has 0 radical (unpaired) electrons. The van der Waals surface area contributed by atoms with Crippen molar-refractivity contribution in [3.05, 3.63) is 0 Å². The Kier molecular flexibility index (Phi) is 6.09. The van der Waals surface area contributed by atoms with Crippen molar-refractivity contribution in [2.45, 2.75) is 61.4 Å². The zero-order valence-electron chi connectivity index (χ0n) is 12.2. The largest absolute Gasteiger partial charge is 0.479 e. The first-order chi connectivity index (χ1) is 11.2. The Bertz CT molecular complexity index is 444. The van der Waals surface area contributed by atoms with Gasteiger partial charge < -0.3 is 55.1 Å². The van der Waals surface area contributed by atoms with Crippen LogP contribution in [0.4, 0.5) is 0 Å². The molecule has 0 unspecified atom stereocenters. The van der Waals surface area contributed by atoms with E-state index >= 15 is 0 Å². The minimum absolute atomic E-state index is 0.738. The van der Waals surface area contributed by atoms with Gasteiger partial charge in [0.1, 0.15) is 42.7 Å². The molecule has 0 aliphatic carbocycles.